The molecular weight excluding hydrogens is 600 g/mol. The van der Waals surface area contributed by atoms with Crippen molar-refractivity contribution in [2.45, 2.75) is 157 Å². The number of carbonyl (C=O) groups is 2. The Morgan fingerprint density at radius 1 is 0.875 bits per heavy atom. The zero-order chi connectivity index (χ0) is 36.1. The number of aliphatic hydroxyl groups is 2. The van der Waals surface area contributed by atoms with Crippen molar-refractivity contribution in [1.82, 2.24) is 0 Å². The van der Waals surface area contributed by atoms with Gasteiger partial charge in [0.15, 0.2) is 5.78 Å². The highest BCUT2D eigenvalue weighted by Crippen LogP contribution is 2.67. The molecule has 3 aliphatic rings. The first-order chi connectivity index (χ1) is 22.1. The second-order valence-electron chi connectivity index (χ2n) is 16.4. The average Bonchev–Trinajstić information content (AvgIpc) is 3.53. The minimum Gasteiger partial charge on any atom is -0.462 e. The number of Topliss-reactive ketones (excluding diaryl/α,β-unsaturated/α-hetero) is 1. The molecule has 1 aliphatic heterocycles. The minimum atomic E-state index is -1.02. The van der Waals surface area contributed by atoms with Crippen molar-refractivity contribution >= 4 is 11.8 Å². The Morgan fingerprint density at radius 2 is 1.52 bits per heavy atom. The molecule has 2 aliphatic carbocycles. The number of epoxide rings is 1. The summed E-state index contributed by atoms with van der Waals surface area (Å²) in [5, 5.41) is 21.5. The summed E-state index contributed by atoms with van der Waals surface area (Å²) in [5.41, 5.74) is 2.95. The van der Waals surface area contributed by atoms with Crippen molar-refractivity contribution in [3.8, 4) is 0 Å². The summed E-state index contributed by atoms with van der Waals surface area (Å²) in [4.78, 5) is 24.6. The molecule has 2 saturated carbocycles. The molecule has 0 bridgehead atoms. The number of hydrogen-bond donors (Lipinski definition) is 2. The molecule has 6 heteroatoms. The molecule has 5 atom stereocenters. The third kappa shape index (κ3) is 9.89. The number of rotatable bonds is 13. The standard InChI is InChI=1S/C42H62O6/c1-29(18-14-19-31(3)22-23-37-38(6,7)26-35(47-33(5)43)27-40(37,10)46)16-12-13-17-30(2)20-15-21-32(4)36(45)28-42-39(8,9)24-34(44)25-41(42,11)48-42/h12-14,16-19,21,23,34-35,44,46H,15,20,22,24-28H2,1-11H3/b13-12-,18-14-,29-16-,30-17+,31-19+,32-21+,37-23?/t34-,35-,40+,41+,42-/m0/s1. The van der Waals surface area contributed by atoms with Crippen molar-refractivity contribution in [3.05, 3.63) is 82.5 Å². The van der Waals surface area contributed by atoms with Gasteiger partial charge in [0.25, 0.3) is 0 Å². The normalized spacial score (nSPS) is 33.3. The van der Waals surface area contributed by atoms with Crippen molar-refractivity contribution in [2.24, 2.45) is 10.8 Å². The Bertz CT molecular complexity index is 1410. The number of carbonyl (C=O) groups excluding carboxylic acids is 2. The van der Waals surface area contributed by atoms with E-state index in [1.54, 1.807) is 0 Å². The van der Waals surface area contributed by atoms with Crippen LogP contribution in [-0.4, -0.2) is 51.0 Å². The lowest BCUT2D eigenvalue weighted by molar-refractivity contribution is -0.152. The van der Waals surface area contributed by atoms with E-state index < -0.39 is 16.8 Å². The molecule has 0 amide bonds. The van der Waals surface area contributed by atoms with Gasteiger partial charge in [0.2, 0.25) is 0 Å². The van der Waals surface area contributed by atoms with E-state index >= 15 is 0 Å². The second kappa shape index (κ2) is 15.4. The van der Waals surface area contributed by atoms with Gasteiger partial charge >= 0.3 is 5.97 Å². The number of hydrogen-bond acceptors (Lipinski definition) is 6. The molecule has 2 N–H and O–H groups in total. The summed E-state index contributed by atoms with van der Waals surface area (Å²) in [7, 11) is 0. The molecule has 0 radical (unpaired) electrons. The smallest absolute Gasteiger partial charge is 0.302 e. The summed E-state index contributed by atoms with van der Waals surface area (Å²) in [6.07, 6.45) is 23.2. The van der Waals surface area contributed by atoms with Gasteiger partial charge < -0.3 is 19.7 Å². The molecule has 48 heavy (non-hydrogen) atoms. The highest BCUT2D eigenvalue weighted by molar-refractivity contribution is 5.96. The quantitative estimate of drug-likeness (QED) is 0.0671. The fourth-order valence-electron chi connectivity index (χ4n) is 8.26. The molecule has 0 aromatic carbocycles. The Kier molecular flexibility index (Phi) is 12.7. The van der Waals surface area contributed by atoms with Crippen LogP contribution in [0.15, 0.2) is 82.5 Å². The van der Waals surface area contributed by atoms with Crippen molar-refractivity contribution in [3.63, 3.8) is 0 Å². The Balaban J connectivity index is 1.46. The fourth-order valence-corrected chi connectivity index (χ4v) is 8.26. The van der Waals surface area contributed by atoms with Gasteiger partial charge in [-0.1, -0.05) is 99.1 Å². The summed E-state index contributed by atoms with van der Waals surface area (Å²) < 4.78 is 11.6. The lowest BCUT2D eigenvalue weighted by atomic mass is 9.61. The summed E-state index contributed by atoms with van der Waals surface area (Å²) >= 11 is 0. The molecule has 1 heterocycles. The molecule has 0 unspecified atom stereocenters. The van der Waals surface area contributed by atoms with Crippen molar-refractivity contribution < 1.29 is 29.3 Å². The van der Waals surface area contributed by atoms with E-state index in [9.17, 15) is 19.8 Å². The van der Waals surface area contributed by atoms with E-state index in [0.29, 0.717) is 32.1 Å². The fraction of sp³-hybridized carbons (Fsp3) is 0.619. The number of esters is 1. The third-order valence-corrected chi connectivity index (χ3v) is 10.7. The molecular formula is C42H62O6. The van der Waals surface area contributed by atoms with Crippen LogP contribution < -0.4 is 0 Å². The van der Waals surface area contributed by atoms with Crippen molar-refractivity contribution in [1.29, 1.82) is 0 Å². The first-order valence-corrected chi connectivity index (χ1v) is 17.7. The van der Waals surface area contributed by atoms with Crippen LogP contribution in [0.2, 0.25) is 0 Å². The monoisotopic (exact) mass is 662 g/mol. The lowest BCUT2D eigenvalue weighted by Crippen LogP contribution is -2.48. The lowest BCUT2D eigenvalue weighted by Gasteiger charge is -2.46. The van der Waals surface area contributed by atoms with Gasteiger partial charge in [-0.05, 0) is 95.6 Å². The molecule has 0 aromatic rings. The molecule has 1 saturated heterocycles. The maximum absolute atomic E-state index is 13.1. The van der Waals surface area contributed by atoms with Gasteiger partial charge in [0.1, 0.15) is 11.7 Å². The molecule has 266 valence electrons. The highest BCUT2D eigenvalue weighted by Gasteiger charge is 2.76. The number of allylic oxidation sites excluding steroid dienone is 13. The molecule has 0 spiro atoms. The summed E-state index contributed by atoms with van der Waals surface area (Å²) in [6, 6.07) is 0. The van der Waals surface area contributed by atoms with Crippen LogP contribution in [0.25, 0.3) is 0 Å². The SMILES string of the molecule is CC(=O)O[C@H]1CC(C)(C)C(=CC/C(C)=C/C=C\C(C)=C/C=C\C=C(/C)CC/C=C(\C)C(=O)C[C@@]23O[C@]2(C)C[C@@H](O)CC3(C)C)[C@](C)(O)C1. The largest absolute Gasteiger partial charge is 0.462 e. The van der Waals surface area contributed by atoms with Crippen LogP contribution in [0.1, 0.15) is 128 Å². The van der Waals surface area contributed by atoms with E-state index in [1.165, 1.54) is 18.1 Å². The third-order valence-electron chi connectivity index (χ3n) is 10.7. The van der Waals surface area contributed by atoms with Gasteiger partial charge in [-0.3, -0.25) is 9.59 Å². The van der Waals surface area contributed by atoms with E-state index in [4.69, 9.17) is 9.47 Å². The first-order valence-electron chi connectivity index (χ1n) is 17.7. The molecule has 3 fully saturated rings. The van der Waals surface area contributed by atoms with Crippen LogP contribution in [0.5, 0.6) is 0 Å². The van der Waals surface area contributed by atoms with Gasteiger partial charge in [-0.2, -0.15) is 0 Å². The van der Waals surface area contributed by atoms with Crippen molar-refractivity contribution in [2.75, 3.05) is 0 Å². The van der Waals surface area contributed by atoms with Crippen LogP contribution in [0.3, 0.4) is 0 Å². The van der Waals surface area contributed by atoms with E-state index in [-0.39, 0.29) is 34.8 Å². The summed E-state index contributed by atoms with van der Waals surface area (Å²) in [5.74, 6) is -0.169. The highest BCUT2D eigenvalue weighted by atomic mass is 16.6. The second-order valence-corrected chi connectivity index (χ2v) is 16.4. The van der Waals surface area contributed by atoms with Crippen LogP contribution in [-0.2, 0) is 19.1 Å². The van der Waals surface area contributed by atoms with Crippen LogP contribution in [0.4, 0.5) is 0 Å². The maximum atomic E-state index is 13.1. The van der Waals surface area contributed by atoms with Gasteiger partial charge in [0.05, 0.1) is 17.3 Å². The molecule has 0 aromatic heterocycles. The van der Waals surface area contributed by atoms with E-state index in [2.05, 4.69) is 91.0 Å². The Labute approximate surface area is 290 Å². The number of aliphatic hydroxyl groups excluding tert-OH is 1. The number of ether oxygens (including phenoxy) is 2. The maximum Gasteiger partial charge on any atom is 0.302 e. The molecule has 3 rings (SSSR count). The zero-order valence-electron chi connectivity index (χ0n) is 31.5. The minimum absolute atomic E-state index is 0.137. The Hall–Kier alpha value is -2.80. The predicted octanol–water partition coefficient (Wildman–Crippen LogP) is 9.15. The van der Waals surface area contributed by atoms with Crippen LogP contribution >= 0.6 is 0 Å². The number of ketones is 1. The topological polar surface area (TPSA) is 96.4 Å². The molecule has 6 nitrogen and oxygen atoms in total. The first kappa shape index (κ1) is 39.6. The average molecular weight is 663 g/mol. The Morgan fingerprint density at radius 3 is 2.15 bits per heavy atom. The van der Waals surface area contributed by atoms with E-state index in [1.807, 2.05) is 32.9 Å². The van der Waals surface area contributed by atoms with Crippen LogP contribution in [0, 0.1) is 10.8 Å². The zero-order valence-corrected chi connectivity index (χ0v) is 31.5. The summed E-state index contributed by atoms with van der Waals surface area (Å²) in [6.45, 7) is 21.9. The van der Waals surface area contributed by atoms with Gasteiger partial charge in [-0.25, -0.2) is 0 Å². The van der Waals surface area contributed by atoms with E-state index in [0.717, 1.165) is 36.0 Å². The van der Waals surface area contributed by atoms with Gasteiger partial charge in [-0.15, -0.1) is 0 Å². The predicted molar refractivity (Wildman–Crippen MR) is 195 cm³/mol. The number of fused-ring (bicyclic) bond motifs is 1. The van der Waals surface area contributed by atoms with Gasteiger partial charge in [0, 0.05) is 26.2 Å².